The van der Waals surface area contributed by atoms with Crippen LogP contribution in [-0.4, -0.2) is 15.1 Å². The van der Waals surface area contributed by atoms with Gasteiger partial charge >= 0.3 is 0 Å². The summed E-state index contributed by atoms with van der Waals surface area (Å²) in [6.07, 6.45) is 13.7. The summed E-state index contributed by atoms with van der Waals surface area (Å²) in [6, 6.07) is 0. The van der Waals surface area contributed by atoms with Crippen LogP contribution in [0.3, 0.4) is 0 Å². The molecule has 0 aliphatic heterocycles. The maximum absolute atomic E-state index is 6.62. The maximum atomic E-state index is 6.62. The quantitative estimate of drug-likeness (QED) is 0.853. The van der Waals surface area contributed by atoms with Gasteiger partial charge in [0, 0.05) is 30.9 Å². The van der Waals surface area contributed by atoms with E-state index >= 15 is 0 Å². The zero-order valence-corrected chi connectivity index (χ0v) is 12.6. The second-order valence-electron chi connectivity index (χ2n) is 6.31. The minimum atomic E-state index is -0.0128. The van der Waals surface area contributed by atoms with Gasteiger partial charge in [-0.3, -0.25) is 0 Å². The van der Waals surface area contributed by atoms with Crippen LogP contribution in [0.25, 0.3) is 0 Å². The fraction of sp³-hybridized carbons (Fsp3) is 0.812. The SMILES string of the molecule is CCCC1CCC(N)(Cc2nccn2CCC)CC1. The van der Waals surface area contributed by atoms with Crippen LogP contribution in [0, 0.1) is 5.92 Å². The summed E-state index contributed by atoms with van der Waals surface area (Å²) in [7, 11) is 0. The van der Waals surface area contributed by atoms with Crippen molar-refractivity contribution in [1.82, 2.24) is 9.55 Å². The second kappa shape index (κ2) is 6.56. The molecule has 0 amide bonds. The molecule has 0 unspecified atom stereocenters. The first kappa shape index (κ1) is 14.6. The summed E-state index contributed by atoms with van der Waals surface area (Å²) in [5, 5.41) is 0. The molecule has 19 heavy (non-hydrogen) atoms. The Hall–Kier alpha value is -0.830. The normalized spacial score (nSPS) is 27.6. The molecule has 2 rings (SSSR count). The van der Waals surface area contributed by atoms with E-state index in [1.54, 1.807) is 0 Å². The molecule has 0 aromatic carbocycles. The van der Waals surface area contributed by atoms with Crippen LogP contribution in [0.1, 0.15) is 64.6 Å². The van der Waals surface area contributed by atoms with Crippen molar-refractivity contribution in [3.05, 3.63) is 18.2 Å². The lowest BCUT2D eigenvalue weighted by Gasteiger charge is -2.37. The Kier molecular flexibility index (Phi) is 5.03. The van der Waals surface area contributed by atoms with Crippen LogP contribution in [0.2, 0.25) is 0 Å². The summed E-state index contributed by atoms with van der Waals surface area (Å²) in [5.41, 5.74) is 6.61. The average Bonchev–Trinajstić information content (AvgIpc) is 2.80. The third-order valence-corrected chi connectivity index (χ3v) is 4.57. The third-order valence-electron chi connectivity index (χ3n) is 4.57. The maximum Gasteiger partial charge on any atom is 0.110 e. The molecule has 1 aromatic heterocycles. The molecule has 0 saturated heterocycles. The Morgan fingerprint density at radius 2 is 2.05 bits per heavy atom. The lowest BCUT2D eigenvalue weighted by Crippen LogP contribution is -2.46. The number of hydrogen-bond acceptors (Lipinski definition) is 2. The van der Waals surface area contributed by atoms with Crippen LogP contribution < -0.4 is 5.73 Å². The van der Waals surface area contributed by atoms with Crippen LogP contribution in [0.4, 0.5) is 0 Å². The van der Waals surface area contributed by atoms with Gasteiger partial charge in [0.2, 0.25) is 0 Å². The number of nitrogens with zero attached hydrogens (tertiary/aromatic N) is 2. The summed E-state index contributed by atoms with van der Waals surface area (Å²) < 4.78 is 2.27. The van der Waals surface area contributed by atoms with Gasteiger partial charge in [0.05, 0.1) is 0 Å². The van der Waals surface area contributed by atoms with Crippen molar-refractivity contribution in [2.24, 2.45) is 11.7 Å². The van der Waals surface area contributed by atoms with E-state index in [2.05, 4.69) is 29.6 Å². The summed E-state index contributed by atoms with van der Waals surface area (Å²) in [5.74, 6) is 2.09. The molecule has 2 N–H and O–H groups in total. The molecule has 1 aromatic rings. The summed E-state index contributed by atoms with van der Waals surface area (Å²) in [6.45, 7) is 5.55. The molecule has 1 heterocycles. The molecule has 1 fully saturated rings. The molecule has 1 saturated carbocycles. The average molecular weight is 263 g/mol. The van der Waals surface area contributed by atoms with Gasteiger partial charge in [0.1, 0.15) is 5.82 Å². The van der Waals surface area contributed by atoms with Crippen molar-refractivity contribution >= 4 is 0 Å². The largest absolute Gasteiger partial charge is 0.335 e. The molecular formula is C16H29N3. The Morgan fingerprint density at radius 1 is 1.32 bits per heavy atom. The van der Waals surface area contributed by atoms with E-state index < -0.39 is 0 Å². The first-order chi connectivity index (χ1) is 9.17. The lowest BCUT2D eigenvalue weighted by molar-refractivity contribution is 0.219. The lowest BCUT2D eigenvalue weighted by atomic mass is 9.74. The Bertz CT molecular complexity index is 375. The Morgan fingerprint density at radius 3 is 2.68 bits per heavy atom. The topological polar surface area (TPSA) is 43.8 Å². The molecule has 3 nitrogen and oxygen atoms in total. The minimum absolute atomic E-state index is 0.0128. The third kappa shape index (κ3) is 3.82. The van der Waals surface area contributed by atoms with Crippen molar-refractivity contribution in [2.75, 3.05) is 0 Å². The smallest absolute Gasteiger partial charge is 0.110 e. The van der Waals surface area contributed by atoms with Gasteiger partial charge in [-0.05, 0) is 38.0 Å². The highest BCUT2D eigenvalue weighted by atomic mass is 15.1. The number of imidazole rings is 1. The van der Waals surface area contributed by atoms with Crippen LogP contribution >= 0.6 is 0 Å². The molecule has 0 bridgehead atoms. The summed E-state index contributed by atoms with van der Waals surface area (Å²) >= 11 is 0. The number of hydrogen-bond donors (Lipinski definition) is 1. The van der Waals surface area contributed by atoms with E-state index in [9.17, 15) is 0 Å². The number of aromatic nitrogens is 2. The first-order valence-corrected chi connectivity index (χ1v) is 7.96. The van der Waals surface area contributed by atoms with Crippen LogP contribution in [-0.2, 0) is 13.0 Å². The van der Waals surface area contributed by atoms with E-state index in [1.807, 2.05) is 6.20 Å². The number of nitrogens with two attached hydrogens (primary N) is 1. The standard InChI is InChI=1S/C16H29N3/c1-3-5-14-6-8-16(17,9-7-14)13-15-18-10-12-19(15)11-4-2/h10,12,14H,3-9,11,13,17H2,1-2H3. The molecular weight excluding hydrogens is 234 g/mol. The predicted molar refractivity (Wildman–Crippen MR) is 80.0 cm³/mol. The molecule has 0 atom stereocenters. The van der Waals surface area contributed by atoms with E-state index in [0.29, 0.717) is 0 Å². The first-order valence-electron chi connectivity index (χ1n) is 7.96. The highest BCUT2D eigenvalue weighted by Crippen LogP contribution is 2.34. The Balaban J connectivity index is 1.93. The molecule has 1 aliphatic rings. The van der Waals surface area contributed by atoms with Crippen molar-refractivity contribution in [1.29, 1.82) is 0 Å². The van der Waals surface area contributed by atoms with Crippen molar-refractivity contribution in [3.63, 3.8) is 0 Å². The van der Waals surface area contributed by atoms with E-state index in [0.717, 1.165) is 38.1 Å². The van der Waals surface area contributed by atoms with Gasteiger partial charge in [0.25, 0.3) is 0 Å². The zero-order valence-electron chi connectivity index (χ0n) is 12.6. The van der Waals surface area contributed by atoms with Gasteiger partial charge in [-0.2, -0.15) is 0 Å². The van der Waals surface area contributed by atoms with Gasteiger partial charge < -0.3 is 10.3 Å². The van der Waals surface area contributed by atoms with Gasteiger partial charge in [0.15, 0.2) is 0 Å². The predicted octanol–water partition coefficient (Wildman–Crippen LogP) is 3.52. The molecule has 0 spiro atoms. The van der Waals surface area contributed by atoms with Crippen molar-refractivity contribution in [2.45, 2.75) is 77.3 Å². The van der Waals surface area contributed by atoms with Gasteiger partial charge in [-0.25, -0.2) is 4.98 Å². The van der Waals surface area contributed by atoms with Crippen LogP contribution in [0.15, 0.2) is 12.4 Å². The fourth-order valence-electron chi connectivity index (χ4n) is 3.39. The highest BCUT2D eigenvalue weighted by molar-refractivity contribution is 5.02. The molecule has 108 valence electrons. The molecule has 3 heteroatoms. The van der Waals surface area contributed by atoms with E-state index in [4.69, 9.17) is 5.73 Å². The second-order valence-corrected chi connectivity index (χ2v) is 6.31. The minimum Gasteiger partial charge on any atom is -0.335 e. The monoisotopic (exact) mass is 263 g/mol. The Labute approximate surface area is 117 Å². The highest BCUT2D eigenvalue weighted by Gasteiger charge is 2.32. The van der Waals surface area contributed by atoms with Crippen molar-refractivity contribution in [3.8, 4) is 0 Å². The number of rotatable bonds is 6. The van der Waals surface area contributed by atoms with E-state index in [1.165, 1.54) is 31.5 Å². The van der Waals surface area contributed by atoms with Gasteiger partial charge in [-0.1, -0.05) is 26.7 Å². The fourth-order valence-corrected chi connectivity index (χ4v) is 3.39. The molecule has 1 aliphatic carbocycles. The van der Waals surface area contributed by atoms with E-state index in [-0.39, 0.29) is 5.54 Å². The van der Waals surface area contributed by atoms with Crippen molar-refractivity contribution < 1.29 is 0 Å². The zero-order chi connectivity index (χ0) is 13.7. The van der Waals surface area contributed by atoms with Gasteiger partial charge in [-0.15, -0.1) is 0 Å². The summed E-state index contributed by atoms with van der Waals surface area (Å²) in [4.78, 5) is 4.51. The molecule has 0 radical (unpaired) electrons. The van der Waals surface area contributed by atoms with Crippen LogP contribution in [0.5, 0.6) is 0 Å². The number of aryl methyl sites for hydroxylation is 1.